The summed E-state index contributed by atoms with van der Waals surface area (Å²) in [7, 11) is 4.98. The van der Waals surface area contributed by atoms with Gasteiger partial charge >= 0.3 is 0 Å². The van der Waals surface area contributed by atoms with Gasteiger partial charge in [-0.05, 0) is 42.3 Å². The summed E-state index contributed by atoms with van der Waals surface area (Å²) in [5, 5.41) is 2.79. The molecule has 0 aliphatic heterocycles. The maximum absolute atomic E-state index is 12.0. The average molecular weight is 356 g/mol. The summed E-state index contributed by atoms with van der Waals surface area (Å²) in [5.74, 6) is 0.834. The highest BCUT2D eigenvalue weighted by molar-refractivity contribution is 5.93. The molecule has 0 aliphatic carbocycles. The lowest BCUT2D eigenvalue weighted by Gasteiger charge is -2.12. The Balaban J connectivity index is 1.84. The highest BCUT2D eigenvalue weighted by atomic mass is 16.5. The van der Waals surface area contributed by atoms with Crippen LogP contribution in [0.1, 0.15) is 21.5 Å². The molecule has 0 saturated heterocycles. The van der Waals surface area contributed by atoms with Gasteiger partial charge in [-0.2, -0.15) is 0 Å². The molecule has 1 N–H and O–H groups in total. The van der Waals surface area contributed by atoms with Crippen molar-refractivity contribution in [2.75, 3.05) is 27.8 Å². The standard InChI is InChI=1S/C20H24N2O4/c1-14-5-10-17(18(11-14)25-4)26-13-19(23)21-12-15-6-8-16(9-7-15)20(24)22(2)3/h5-11H,12-13H2,1-4H3,(H,21,23). The first-order valence-corrected chi connectivity index (χ1v) is 8.25. The van der Waals surface area contributed by atoms with E-state index in [1.165, 1.54) is 4.90 Å². The zero-order chi connectivity index (χ0) is 19.1. The van der Waals surface area contributed by atoms with Crippen molar-refractivity contribution in [1.82, 2.24) is 10.2 Å². The first kappa shape index (κ1) is 19.3. The third-order valence-electron chi connectivity index (χ3n) is 3.77. The lowest BCUT2D eigenvalue weighted by molar-refractivity contribution is -0.123. The molecule has 2 amide bonds. The highest BCUT2D eigenvalue weighted by Gasteiger charge is 2.09. The van der Waals surface area contributed by atoms with Crippen LogP contribution in [-0.2, 0) is 11.3 Å². The summed E-state index contributed by atoms with van der Waals surface area (Å²) in [4.78, 5) is 25.3. The molecule has 6 nitrogen and oxygen atoms in total. The predicted octanol–water partition coefficient (Wildman–Crippen LogP) is 2.40. The first-order chi connectivity index (χ1) is 12.4. The molecule has 0 fully saturated rings. The summed E-state index contributed by atoms with van der Waals surface area (Å²) in [6.07, 6.45) is 0. The fraction of sp³-hybridized carbons (Fsp3) is 0.300. The average Bonchev–Trinajstić information content (AvgIpc) is 2.64. The zero-order valence-corrected chi connectivity index (χ0v) is 15.5. The minimum absolute atomic E-state index is 0.0546. The fourth-order valence-corrected chi connectivity index (χ4v) is 2.31. The van der Waals surface area contributed by atoms with Crippen LogP contribution >= 0.6 is 0 Å². The van der Waals surface area contributed by atoms with Crippen LogP contribution in [0, 0.1) is 6.92 Å². The maximum atomic E-state index is 12.0. The Bertz CT molecular complexity index is 770. The summed E-state index contributed by atoms with van der Waals surface area (Å²) in [6, 6.07) is 12.7. The van der Waals surface area contributed by atoms with Crippen LogP contribution in [0.3, 0.4) is 0 Å². The van der Waals surface area contributed by atoms with E-state index in [9.17, 15) is 9.59 Å². The van der Waals surface area contributed by atoms with E-state index in [0.29, 0.717) is 23.6 Å². The van der Waals surface area contributed by atoms with Gasteiger partial charge in [0.25, 0.3) is 11.8 Å². The molecular formula is C20H24N2O4. The van der Waals surface area contributed by atoms with Gasteiger partial charge in [0.1, 0.15) is 0 Å². The molecule has 2 rings (SSSR count). The summed E-state index contributed by atoms with van der Waals surface area (Å²) in [6.45, 7) is 2.22. The molecule has 26 heavy (non-hydrogen) atoms. The van der Waals surface area contributed by atoms with E-state index in [0.717, 1.165) is 11.1 Å². The monoisotopic (exact) mass is 356 g/mol. The second-order valence-corrected chi connectivity index (χ2v) is 6.12. The molecule has 0 bridgehead atoms. The number of hydrogen-bond acceptors (Lipinski definition) is 4. The number of rotatable bonds is 7. The van der Waals surface area contributed by atoms with Crippen molar-refractivity contribution in [3.63, 3.8) is 0 Å². The third kappa shape index (κ3) is 5.24. The Kier molecular flexibility index (Phi) is 6.60. The Hall–Kier alpha value is -3.02. The Morgan fingerprint density at radius 2 is 1.73 bits per heavy atom. The van der Waals surface area contributed by atoms with Crippen LogP contribution < -0.4 is 14.8 Å². The van der Waals surface area contributed by atoms with Crippen molar-refractivity contribution < 1.29 is 19.1 Å². The van der Waals surface area contributed by atoms with Crippen LogP contribution in [0.15, 0.2) is 42.5 Å². The molecule has 0 saturated carbocycles. The smallest absolute Gasteiger partial charge is 0.258 e. The Morgan fingerprint density at radius 1 is 1.04 bits per heavy atom. The van der Waals surface area contributed by atoms with E-state index >= 15 is 0 Å². The van der Waals surface area contributed by atoms with Gasteiger partial charge in [0.05, 0.1) is 7.11 Å². The van der Waals surface area contributed by atoms with Crippen molar-refractivity contribution in [2.24, 2.45) is 0 Å². The molecule has 138 valence electrons. The van der Waals surface area contributed by atoms with Gasteiger partial charge in [-0.25, -0.2) is 0 Å². The van der Waals surface area contributed by atoms with Gasteiger partial charge in [-0.3, -0.25) is 9.59 Å². The number of ether oxygens (including phenoxy) is 2. The topological polar surface area (TPSA) is 67.9 Å². The van der Waals surface area contributed by atoms with Crippen molar-refractivity contribution in [3.05, 3.63) is 59.2 Å². The van der Waals surface area contributed by atoms with Crippen molar-refractivity contribution in [3.8, 4) is 11.5 Å². The molecule has 0 atom stereocenters. The van der Waals surface area contributed by atoms with Crippen LogP contribution in [0.2, 0.25) is 0 Å². The summed E-state index contributed by atoms with van der Waals surface area (Å²) >= 11 is 0. The van der Waals surface area contributed by atoms with Gasteiger partial charge in [-0.1, -0.05) is 18.2 Å². The fourth-order valence-electron chi connectivity index (χ4n) is 2.31. The van der Waals surface area contributed by atoms with Crippen LogP contribution in [-0.4, -0.2) is 44.5 Å². The molecule has 2 aromatic carbocycles. The second-order valence-electron chi connectivity index (χ2n) is 6.12. The SMILES string of the molecule is COc1cc(C)ccc1OCC(=O)NCc1ccc(C(=O)N(C)C)cc1. The highest BCUT2D eigenvalue weighted by Crippen LogP contribution is 2.27. The third-order valence-corrected chi connectivity index (χ3v) is 3.77. The molecule has 0 aliphatic rings. The number of nitrogens with one attached hydrogen (secondary N) is 1. The molecule has 0 unspecified atom stereocenters. The number of methoxy groups -OCH3 is 1. The molecule has 2 aromatic rings. The van der Waals surface area contributed by atoms with Gasteiger partial charge in [-0.15, -0.1) is 0 Å². The Morgan fingerprint density at radius 3 is 2.35 bits per heavy atom. The number of carbonyl (C=O) groups is 2. The predicted molar refractivity (Wildman–Crippen MR) is 99.5 cm³/mol. The largest absolute Gasteiger partial charge is 0.493 e. The van der Waals surface area contributed by atoms with Gasteiger partial charge < -0.3 is 19.7 Å². The van der Waals surface area contributed by atoms with E-state index in [4.69, 9.17) is 9.47 Å². The number of nitrogens with zero attached hydrogens (tertiary/aromatic N) is 1. The van der Waals surface area contributed by atoms with Crippen LogP contribution in [0.5, 0.6) is 11.5 Å². The van der Waals surface area contributed by atoms with E-state index in [2.05, 4.69) is 5.32 Å². The number of amides is 2. The quantitative estimate of drug-likeness (QED) is 0.827. The Labute approximate surface area is 153 Å². The van der Waals surface area contributed by atoms with Crippen LogP contribution in [0.4, 0.5) is 0 Å². The van der Waals surface area contributed by atoms with Gasteiger partial charge in [0.2, 0.25) is 0 Å². The minimum atomic E-state index is -0.235. The van der Waals surface area contributed by atoms with Crippen LogP contribution in [0.25, 0.3) is 0 Å². The van der Waals surface area contributed by atoms with E-state index in [1.54, 1.807) is 39.4 Å². The zero-order valence-electron chi connectivity index (χ0n) is 15.5. The van der Waals surface area contributed by atoms with Gasteiger partial charge in [0.15, 0.2) is 18.1 Å². The number of carbonyl (C=O) groups excluding carboxylic acids is 2. The van der Waals surface area contributed by atoms with E-state index in [-0.39, 0.29) is 18.4 Å². The molecule has 6 heteroatoms. The summed E-state index contributed by atoms with van der Waals surface area (Å²) in [5.41, 5.74) is 2.57. The van der Waals surface area contributed by atoms with E-state index in [1.807, 2.05) is 31.2 Å². The normalized spacial score (nSPS) is 10.2. The van der Waals surface area contributed by atoms with Crippen molar-refractivity contribution in [2.45, 2.75) is 13.5 Å². The van der Waals surface area contributed by atoms with E-state index < -0.39 is 0 Å². The van der Waals surface area contributed by atoms with Crippen molar-refractivity contribution in [1.29, 1.82) is 0 Å². The second kappa shape index (κ2) is 8.89. The summed E-state index contributed by atoms with van der Waals surface area (Å²) < 4.78 is 10.8. The molecule has 0 radical (unpaired) electrons. The maximum Gasteiger partial charge on any atom is 0.258 e. The first-order valence-electron chi connectivity index (χ1n) is 8.25. The lowest BCUT2D eigenvalue weighted by Crippen LogP contribution is -2.28. The molecule has 0 spiro atoms. The molecular weight excluding hydrogens is 332 g/mol. The van der Waals surface area contributed by atoms with Crippen molar-refractivity contribution >= 4 is 11.8 Å². The molecule has 0 heterocycles. The minimum Gasteiger partial charge on any atom is -0.493 e. The molecule has 0 aromatic heterocycles. The number of benzene rings is 2. The van der Waals surface area contributed by atoms with Gasteiger partial charge in [0, 0.05) is 26.2 Å². The lowest BCUT2D eigenvalue weighted by atomic mass is 10.1. The number of aryl methyl sites for hydroxylation is 1. The number of hydrogen-bond donors (Lipinski definition) is 1.